The van der Waals surface area contributed by atoms with Crippen LogP contribution in [0.1, 0.15) is 30.0 Å². The molecule has 0 aliphatic heterocycles. The van der Waals surface area contributed by atoms with Gasteiger partial charge in [0.25, 0.3) is 0 Å². The number of halogens is 11. The molecule has 38 heavy (non-hydrogen) atoms. The summed E-state index contributed by atoms with van der Waals surface area (Å²) in [6.45, 7) is -2.57. The van der Waals surface area contributed by atoms with Gasteiger partial charge in [-0.3, -0.25) is 0 Å². The maximum atomic E-state index is 15.1. The molecule has 0 N–H and O–H groups in total. The lowest BCUT2D eigenvalue weighted by atomic mass is 9.92. The fraction of sp³-hybridized carbons (Fsp3) is 0.280. The molecule has 0 aliphatic carbocycles. The van der Waals surface area contributed by atoms with Crippen molar-refractivity contribution in [2.75, 3.05) is 6.61 Å². The van der Waals surface area contributed by atoms with Crippen molar-refractivity contribution in [1.82, 2.24) is 0 Å². The molecule has 0 bridgehead atoms. The number of hydrogen-bond donors (Lipinski definition) is 0. The maximum Gasteiger partial charge on any atom is 0.422 e. The molecule has 0 aromatic heterocycles. The fourth-order valence-electron chi connectivity index (χ4n) is 3.73. The number of alkyl halides is 5. The van der Waals surface area contributed by atoms with Gasteiger partial charge in [-0.05, 0) is 24.8 Å². The third-order valence-electron chi connectivity index (χ3n) is 5.37. The van der Waals surface area contributed by atoms with E-state index < -0.39 is 99.8 Å². The molecule has 0 aliphatic rings. The highest BCUT2D eigenvalue weighted by atomic mass is 19.4. The van der Waals surface area contributed by atoms with Crippen LogP contribution in [0, 0.1) is 34.9 Å². The SMILES string of the molecule is CCCOc1c(F)c(F)c(CCc2c(F)c(C(F)(F)F)c(F)c(-c3ccccc3)c2OC(F)F)c(F)c1F. The van der Waals surface area contributed by atoms with Crippen LogP contribution in [0.25, 0.3) is 11.1 Å². The third-order valence-corrected chi connectivity index (χ3v) is 5.37. The van der Waals surface area contributed by atoms with Crippen LogP contribution < -0.4 is 9.47 Å². The maximum absolute atomic E-state index is 15.1. The van der Waals surface area contributed by atoms with Crippen LogP contribution in [0.4, 0.5) is 48.3 Å². The third kappa shape index (κ3) is 5.65. The van der Waals surface area contributed by atoms with E-state index in [0.29, 0.717) is 0 Å². The second-order valence-electron chi connectivity index (χ2n) is 7.84. The van der Waals surface area contributed by atoms with E-state index in [1.165, 1.54) is 25.1 Å². The first-order valence-corrected chi connectivity index (χ1v) is 10.9. The molecule has 0 amide bonds. The molecule has 0 radical (unpaired) electrons. The topological polar surface area (TPSA) is 18.5 Å². The van der Waals surface area contributed by atoms with E-state index in [9.17, 15) is 39.5 Å². The van der Waals surface area contributed by atoms with Crippen molar-refractivity contribution >= 4 is 0 Å². The van der Waals surface area contributed by atoms with Gasteiger partial charge in [0.15, 0.2) is 17.4 Å². The highest BCUT2D eigenvalue weighted by molar-refractivity contribution is 5.74. The second-order valence-corrected chi connectivity index (χ2v) is 7.84. The molecule has 0 atom stereocenters. The molecule has 0 unspecified atom stereocenters. The van der Waals surface area contributed by atoms with Crippen LogP contribution in [0.15, 0.2) is 30.3 Å². The number of rotatable bonds is 9. The summed E-state index contributed by atoms with van der Waals surface area (Å²) < 4.78 is 164. The summed E-state index contributed by atoms with van der Waals surface area (Å²) in [6.07, 6.45) is -7.94. The monoisotopic (exact) mass is 558 g/mol. The summed E-state index contributed by atoms with van der Waals surface area (Å²) in [5.74, 6) is -15.3. The van der Waals surface area contributed by atoms with Crippen LogP contribution >= 0.6 is 0 Å². The number of ether oxygens (including phenoxy) is 2. The van der Waals surface area contributed by atoms with Gasteiger partial charge in [0.05, 0.1) is 12.2 Å². The van der Waals surface area contributed by atoms with E-state index in [-0.39, 0.29) is 13.0 Å². The van der Waals surface area contributed by atoms with E-state index in [4.69, 9.17) is 0 Å². The lowest BCUT2D eigenvalue weighted by Gasteiger charge is -2.21. The van der Waals surface area contributed by atoms with Crippen LogP contribution in [0.3, 0.4) is 0 Å². The molecule has 3 aromatic rings. The Morgan fingerprint density at radius 1 is 0.711 bits per heavy atom. The Kier molecular flexibility index (Phi) is 8.78. The molecule has 0 saturated heterocycles. The Morgan fingerprint density at radius 2 is 1.26 bits per heavy atom. The average molecular weight is 558 g/mol. The van der Waals surface area contributed by atoms with Crippen molar-refractivity contribution in [3.63, 3.8) is 0 Å². The van der Waals surface area contributed by atoms with Gasteiger partial charge in [-0.2, -0.15) is 30.7 Å². The van der Waals surface area contributed by atoms with E-state index in [1.807, 2.05) is 0 Å². The summed E-state index contributed by atoms with van der Waals surface area (Å²) in [6, 6.07) is 5.85. The molecule has 13 heteroatoms. The first kappa shape index (κ1) is 29.1. The molecule has 0 saturated carbocycles. The Morgan fingerprint density at radius 3 is 1.76 bits per heavy atom. The minimum atomic E-state index is -5.68. The van der Waals surface area contributed by atoms with Crippen molar-refractivity contribution in [2.45, 2.75) is 39.0 Å². The second kappa shape index (κ2) is 11.5. The molecular formula is C25H17F11O2. The number of benzene rings is 3. The summed E-state index contributed by atoms with van der Waals surface area (Å²) >= 11 is 0. The van der Waals surface area contributed by atoms with E-state index in [1.54, 1.807) is 0 Å². The van der Waals surface area contributed by atoms with Crippen LogP contribution in [-0.2, 0) is 19.0 Å². The number of hydrogen-bond acceptors (Lipinski definition) is 2. The Hall–Kier alpha value is -3.51. The molecule has 206 valence electrons. The van der Waals surface area contributed by atoms with Gasteiger partial charge in [-0.25, -0.2) is 17.6 Å². The zero-order valence-electron chi connectivity index (χ0n) is 19.3. The lowest BCUT2D eigenvalue weighted by Crippen LogP contribution is -2.18. The highest BCUT2D eigenvalue weighted by Crippen LogP contribution is 2.46. The van der Waals surface area contributed by atoms with E-state index >= 15 is 8.78 Å². The first-order chi connectivity index (χ1) is 17.8. The zero-order chi connectivity index (χ0) is 28.4. The molecular weight excluding hydrogens is 541 g/mol. The highest BCUT2D eigenvalue weighted by Gasteiger charge is 2.42. The molecule has 2 nitrogen and oxygen atoms in total. The van der Waals surface area contributed by atoms with Gasteiger partial charge in [0.2, 0.25) is 11.6 Å². The van der Waals surface area contributed by atoms with Crippen molar-refractivity contribution in [1.29, 1.82) is 0 Å². The normalized spacial score (nSPS) is 11.8. The van der Waals surface area contributed by atoms with Crippen molar-refractivity contribution < 1.29 is 57.8 Å². The summed E-state index contributed by atoms with van der Waals surface area (Å²) in [4.78, 5) is 0. The molecule has 0 spiro atoms. The first-order valence-electron chi connectivity index (χ1n) is 10.9. The van der Waals surface area contributed by atoms with Crippen LogP contribution in [0.2, 0.25) is 0 Å². The molecule has 0 fully saturated rings. The Labute approximate surface area is 208 Å². The van der Waals surface area contributed by atoms with Gasteiger partial charge in [0, 0.05) is 11.1 Å². The molecule has 3 rings (SSSR count). The van der Waals surface area contributed by atoms with Gasteiger partial charge < -0.3 is 9.47 Å². The summed E-state index contributed by atoms with van der Waals surface area (Å²) in [7, 11) is 0. The predicted octanol–water partition coefficient (Wildman–Crippen LogP) is 8.38. The van der Waals surface area contributed by atoms with E-state index in [2.05, 4.69) is 9.47 Å². The van der Waals surface area contributed by atoms with Crippen molar-refractivity contribution in [2.24, 2.45) is 0 Å². The zero-order valence-corrected chi connectivity index (χ0v) is 19.3. The Bertz CT molecular complexity index is 1280. The van der Waals surface area contributed by atoms with Crippen molar-refractivity contribution in [3.8, 4) is 22.6 Å². The fourth-order valence-corrected chi connectivity index (χ4v) is 3.73. The summed E-state index contributed by atoms with van der Waals surface area (Å²) in [5.41, 5.74) is -6.81. The van der Waals surface area contributed by atoms with E-state index in [0.717, 1.165) is 12.1 Å². The van der Waals surface area contributed by atoms with Crippen LogP contribution in [0.5, 0.6) is 11.5 Å². The lowest BCUT2D eigenvalue weighted by molar-refractivity contribution is -0.142. The standard InChI is InChI=1S/C25H17F11O2/c1-2-10-37-23-20(30)17(27)12(18(28)21(23)31)8-9-13-16(26)15(25(34,35)36)19(29)14(22(13)38-24(32)33)11-6-4-3-5-7-11/h3-7,24H,2,8-10H2,1H3. The van der Waals surface area contributed by atoms with Gasteiger partial charge in [-0.1, -0.05) is 37.3 Å². The Balaban J connectivity index is 2.24. The predicted molar refractivity (Wildman–Crippen MR) is 113 cm³/mol. The quantitative estimate of drug-likeness (QED) is 0.194. The van der Waals surface area contributed by atoms with Gasteiger partial charge >= 0.3 is 12.8 Å². The van der Waals surface area contributed by atoms with Crippen molar-refractivity contribution in [3.05, 3.63) is 81.9 Å². The minimum absolute atomic E-state index is 0.214. The molecule has 0 heterocycles. The van der Waals surface area contributed by atoms with Gasteiger partial charge in [-0.15, -0.1) is 0 Å². The minimum Gasteiger partial charge on any atom is -0.487 e. The van der Waals surface area contributed by atoms with Crippen LogP contribution in [-0.4, -0.2) is 13.2 Å². The summed E-state index contributed by atoms with van der Waals surface area (Å²) in [5, 5.41) is 0. The van der Waals surface area contributed by atoms with Gasteiger partial charge in [0.1, 0.15) is 22.9 Å². The average Bonchev–Trinajstić information content (AvgIpc) is 2.84. The molecule has 3 aromatic carbocycles. The largest absolute Gasteiger partial charge is 0.487 e. The smallest absolute Gasteiger partial charge is 0.422 e.